The van der Waals surface area contributed by atoms with Crippen LogP contribution in [0.25, 0.3) is 0 Å². The van der Waals surface area contributed by atoms with Crippen LogP contribution in [-0.2, 0) is 27.8 Å². The van der Waals surface area contributed by atoms with Gasteiger partial charge in [0.05, 0.1) is 24.2 Å². The Kier molecular flexibility index (Phi) is 4.79. The average molecular weight is 378 g/mol. The molecule has 1 aromatic carbocycles. The molecule has 1 aromatic heterocycles. The molecule has 2 N–H and O–H groups in total. The van der Waals surface area contributed by atoms with Crippen LogP contribution in [0.3, 0.4) is 0 Å². The lowest BCUT2D eigenvalue weighted by atomic mass is 10.2. The van der Waals surface area contributed by atoms with Crippen LogP contribution in [0.15, 0.2) is 35.2 Å². The molecule has 0 unspecified atom stereocenters. The highest BCUT2D eigenvalue weighted by Crippen LogP contribution is 2.18. The lowest BCUT2D eigenvalue weighted by Crippen LogP contribution is -2.30. The number of hydrogen-bond acceptors (Lipinski definition) is 6. The number of hydrogen-bond donors (Lipinski definition) is 1. The number of carbonyl (C=O) groups excluding carboxylic acids is 2. The van der Waals surface area contributed by atoms with E-state index in [-0.39, 0.29) is 16.5 Å². The number of carbonyl (C=O) groups is 2. The standard InChI is InChI=1S/C16H18N4O5S/c1-25-16(22)14-9-12-10-19(7-2-8-20(12)18-14)15(21)11-3-5-13(6-4-11)26(17,23)24/h3-6,9H,2,7-8,10H2,1H3,(H2,17,23,24). The molecule has 0 saturated carbocycles. The molecule has 2 heterocycles. The Bertz CT molecular complexity index is 950. The van der Waals surface area contributed by atoms with Crippen LogP contribution in [0.4, 0.5) is 0 Å². The first-order valence-corrected chi connectivity index (χ1v) is 9.41. The topological polar surface area (TPSA) is 125 Å². The van der Waals surface area contributed by atoms with E-state index in [1.54, 1.807) is 15.6 Å². The van der Waals surface area contributed by atoms with Gasteiger partial charge in [-0.05, 0) is 36.8 Å². The molecule has 2 aromatic rings. The van der Waals surface area contributed by atoms with E-state index in [4.69, 9.17) is 5.14 Å². The molecule has 26 heavy (non-hydrogen) atoms. The zero-order valence-electron chi connectivity index (χ0n) is 14.1. The summed E-state index contributed by atoms with van der Waals surface area (Å²) in [6.07, 6.45) is 0.677. The lowest BCUT2D eigenvalue weighted by Gasteiger charge is -2.20. The predicted molar refractivity (Wildman–Crippen MR) is 90.7 cm³/mol. The van der Waals surface area contributed by atoms with Crippen LogP contribution in [-0.4, -0.2) is 48.6 Å². The van der Waals surface area contributed by atoms with E-state index in [2.05, 4.69) is 9.84 Å². The van der Waals surface area contributed by atoms with Gasteiger partial charge in [0.15, 0.2) is 5.69 Å². The minimum absolute atomic E-state index is 0.0503. The number of esters is 1. The number of fused-ring (bicyclic) bond motifs is 1. The number of primary sulfonamides is 1. The summed E-state index contributed by atoms with van der Waals surface area (Å²) >= 11 is 0. The van der Waals surface area contributed by atoms with Crippen molar-refractivity contribution in [2.45, 2.75) is 24.4 Å². The van der Waals surface area contributed by atoms with Crippen LogP contribution >= 0.6 is 0 Å². The second-order valence-corrected chi connectivity index (χ2v) is 7.45. The van der Waals surface area contributed by atoms with E-state index in [0.717, 1.165) is 5.69 Å². The highest BCUT2D eigenvalue weighted by Gasteiger charge is 2.23. The first-order valence-electron chi connectivity index (χ1n) is 7.87. The Labute approximate surface area is 150 Å². The first kappa shape index (κ1) is 18.1. The van der Waals surface area contributed by atoms with E-state index in [0.29, 0.717) is 31.6 Å². The summed E-state index contributed by atoms with van der Waals surface area (Å²) in [5, 5.41) is 9.28. The van der Waals surface area contributed by atoms with Crippen molar-refractivity contribution in [2.24, 2.45) is 5.14 Å². The zero-order chi connectivity index (χ0) is 18.9. The molecule has 0 saturated heterocycles. The fourth-order valence-electron chi connectivity index (χ4n) is 2.81. The van der Waals surface area contributed by atoms with Gasteiger partial charge in [0.2, 0.25) is 10.0 Å². The summed E-state index contributed by atoms with van der Waals surface area (Å²) < 4.78 is 29.0. The monoisotopic (exact) mass is 378 g/mol. The predicted octanol–water partition coefficient (Wildman–Crippen LogP) is 0.363. The number of amides is 1. The molecule has 10 heteroatoms. The molecule has 0 atom stereocenters. The van der Waals surface area contributed by atoms with Gasteiger partial charge in [0.25, 0.3) is 5.91 Å². The quantitative estimate of drug-likeness (QED) is 0.769. The summed E-state index contributed by atoms with van der Waals surface area (Å²) in [6, 6.07) is 7.09. The number of aryl methyl sites for hydroxylation is 1. The maximum absolute atomic E-state index is 12.7. The van der Waals surface area contributed by atoms with E-state index in [9.17, 15) is 18.0 Å². The van der Waals surface area contributed by atoms with Crippen molar-refractivity contribution in [3.05, 3.63) is 47.3 Å². The van der Waals surface area contributed by atoms with Gasteiger partial charge in [-0.2, -0.15) is 5.10 Å². The second kappa shape index (κ2) is 6.89. The van der Waals surface area contributed by atoms with Crippen molar-refractivity contribution in [1.29, 1.82) is 0 Å². The average Bonchev–Trinajstić information content (AvgIpc) is 2.91. The van der Waals surface area contributed by atoms with Gasteiger partial charge >= 0.3 is 5.97 Å². The van der Waals surface area contributed by atoms with E-state index in [1.165, 1.54) is 31.4 Å². The molecular weight excluding hydrogens is 360 g/mol. The summed E-state index contributed by atoms with van der Waals surface area (Å²) in [6.45, 7) is 1.40. The van der Waals surface area contributed by atoms with Gasteiger partial charge in [-0.25, -0.2) is 18.4 Å². The smallest absolute Gasteiger partial charge is 0.358 e. The number of rotatable bonds is 3. The molecule has 1 aliphatic heterocycles. The number of aromatic nitrogens is 2. The van der Waals surface area contributed by atoms with Gasteiger partial charge in [-0.3, -0.25) is 9.48 Å². The van der Waals surface area contributed by atoms with Crippen LogP contribution in [0.2, 0.25) is 0 Å². The molecule has 0 bridgehead atoms. The van der Waals surface area contributed by atoms with Crippen molar-refractivity contribution in [3.63, 3.8) is 0 Å². The van der Waals surface area contributed by atoms with Crippen LogP contribution in [0.1, 0.15) is 33.0 Å². The Hall–Kier alpha value is -2.72. The number of sulfonamides is 1. The third kappa shape index (κ3) is 3.60. The fraction of sp³-hybridized carbons (Fsp3) is 0.312. The Morgan fingerprint density at radius 1 is 1.19 bits per heavy atom. The summed E-state index contributed by atoms with van der Waals surface area (Å²) in [5.41, 5.74) is 1.30. The van der Waals surface area contributed by atoms with Gasteiger partial charge in [-0.15, -0.1) is 0 Å². The molecule has 0 radical (unpaired) electrons. The molecule has 0 spiro atoms. The molecule has 9 nitrogen and oxygen atoms in total. The first-order chi connectivity index (χ1) is 12.3. The van der Waals surface area contributed by atoms with Crippen molar-refractivity contribution >= 4 is 21.9 Å². The third-order valence-corrected chi connectivity index (χ3v) is 5.05. The minimum atomic E-state index is -3.80. The Morgan fingerprint density at radius 2 is 1.88 bits per heavy atom. The number of nitrogens with two attached hydrogens (primary N) is 1. The molecule has 1 aliphatic rings. The lowest BCUT2D eigenvalue weighted by molar-refractivity contribution is 0.0592. The van der Waals surface area contributed by atoms with Gasteiger partial charge in [0, 0.05) is 18.7 Å². The highest BCUT2D eigenvalue weighted by molar-refractivity contribution is 7.89. The maximum atomic E-state index is 12.7. The fourth-order valence-corrected chi connectivity index (χ4v) is 3.33. The van der Waals surface area contributed by atoms with E-state index in [1.807, 2.05) is 0 Å². The third-order valence-electron chi connectivity index (χ3n) is 4.13. The largest absolute Gasteiger partial charge is 0.464 e. The van der Waals surface area contributed by atoms with Crippen LogP contribution in [0.5, 0.6) is 0 Å². The normalized spacial score (nSPS) is 14.5. The number of benzene rings is 1. The van der Waals surface area contributed by atoms with Crippen LogP contribution < -0.4 is 5.14 Å². The van der Waals surface area contributed by atoms with Gasteiger partial charge < -0.3 is 9.64 Å². The zero-order valence-corrected chi connectivity index (χ0v) is 14.9. The SMILES string of the molecule is COC(=O)c1cc2n(n1)CCCN(C(=O)c1ccc(S(N)(=O)=O)cc1)C2. The van der Waals surface area contributed by atoms with Crippen molar-refractivity contribution < 1.29 is 22.7 Å². The van der Waals surface area contributed by atoms with Gasteiger partial charge in [-0.1, -0.05) is 0 Å². The minimum Gasteiger partial charge on any atom is -0.464 e. The van der Waals surface area contributed by atoms with E-state index >= 15 is 0 Å². The maximum Gasteiger partial charge on any atom is 0.358 e. The number of nitrogens with zero attached hydrogens (tertiary/aromatic N) is 3. The molecule has 138 valence electrons. The number of ether oxygens (including phenoxy) is 1. The summed E-state index contributed by atoms with van der Waals surface area (Å²) in [4.78, 5) is 26.0. The van der Waals surface area contributed by atoms with Crippen molar-refractivity contribution in [2.75, 3.05) is 13.7 Å². The van der Waals surface area contributed by atoms with E-state index < -0.39 is 16.0 Å². The van der Waals surface area contributed by atoms with Crippen molar-refractivity contribution in [3.8, 4) is 0 Å². The van der Waals surface area contributed by atoms with Gasteiger partial charge in [0.1, 0.15) is 0 Å². The number of methoxy groups -OCH3 is 1. The molecule has 0 fully saturated rings. The van der Waals surface area contributed by atoms with Crippen LogP contribution in [0, 0.1) is 0 Å². The molecular formula is C16H18N4O5S. The molecule has 3 rings (SSSR count). The molecule has 0 aliphatic carbocycles. The summed E-state index contributed by atoms with van der Waals surface area (Å²) in [7, 11) is -2.52. The Morgan fingerprint density at radius 3 is 2.50 bits per heavy atom. The summed E-state index contributed by atoms with van der Waals surface area (Å²) in [5.74, 6) is -0.762. The molecule has 1 amide bonds. The van der Waals surface area contributed by atoms with Crippen molar-refractivity contribution in [1.82, 2.24) is 14.7 Å². The highest BCUT2D eigenvalue weighted by atomic mass is 32.2. The second-order valence-electron chi connectivity index (χ2n) is 5.89. The Balaban J connectivity index is 1.82.